The SMILES string of the molecule is COc1ccc2cnc(C(=O)N[C@H]3CN4CCC3CC4)cc2c1. The third-order valence-electron chi connectivity index (χ3n) is 5.13. The maximum atomic E-state index is 12.6. The minimum atomic E-state index is -0.0755. The van der Waals surface area contributed by atoms with Crippen molar-refractivity contribution < 1.29 is 9.53 Å². The fraction of sp³-hybridized carbons (Fsp3) is 0.444. The summed E-state index contributed by atoms with van der Waals surface area (Å²) in [6.45, 7) is 3.31. The Kier molecular flexibility index (Phi) is 3.65. The van der Waals surface area contributed by atoms with E-state index in [1.165, 1.54) is 25.9 Å². The van der Waals surface area contributed by atoms with E-state index in [9.17, 15) is 4.79 Å². The smallest absolute Gasteiger partial charge is 0.270 e. The molecular weight excluding hydrogens is 290 g/mol. The van der Waals surface area contributed by atoms with Crippen LogP contribution in [0.1, 0.15) is 23.3 Å². The number of hydrogen-bond donors (Lipinski definition) is 1. The zero-order chi connectivity index (χ0) is 15.8. The lowest BCUT2D eigenvalue weighted by Gasteiger charge is -2.44. The van der Waals surface area contributed by atoms with Crippen LogP contribution in [0.4, 0.5) is 0 Å². The summed E-state index contributed by atoms with van der Waals surface area (Å²) in [5, 5.41) is 5.16. The number of aromatic nitrogens is 1. The molecule has 0 saturated carbocycles. The Bertz CT molecular complexity index is 738. The van der Waals surface area contributed by atoms with Crippen molar-refractivity contribution in [3.63, 3.8) is 0 Å². The molecule has 5 rings (SSSR count). The molecule has 3 aliphatic heterocycles. The largest absolute Gasteiger partial charge is 0.497 e. The van der Waals surface area contributed by atoms with Crippen LogP contribution >= 0.6 is 0 Å². The Hall–Kier alpha value is -2.14. The van der Waals surface area contributed by atoms with E-state index in [1.807, 2.05) is 24.3 Å². The van der Waals surface area contributed by atoms with Crippen molar-refractivity contribution in [3.05, 3.63) is 36.2 Å². The number of methoxy groups -OCH3 is 1. The average molecular weight is 311 g/mol. The molecule has 3 saturated heterocycles. The summed E-state index contributed by atoms with van der Waals surface area (Å²) < 4.78 is 5.25. The van der Waals surface area contributed by atoms with Crippen LogP contribution in [0.5, 0.6) is 5.75 Å². The van der Waals surface area contributed by atoms with Crippen LogP contribution < -0.4 is 10.1 Å². The standard InChI is InChI=1S/C18H21N3O2/c1-23-15-3-2-13-10-19-16(9-14(13)8-15)18(22)20-17-11-21-6-4-12(17)5-7-21/h2-3,8-10,12,17H,4-7,11H2,1H3,(H,20,22)/t17-/m0/s1. The Morgan fingerprint density at radius 1 is 1.26 bits per heavy atom. The van der Waals surface area contributed by atoms with E-state index < -0.39 is 0 Å². The van der Waals surface area contributed by atoms with Crippen molar-refractivity contribution >= 4 is 16.7 Å². The molecule has 0 radical (unpaired) electrons. The lowest BCUT2D eigenvalue weighted by Crippen LogP contribution is -2.57. The normalized spacial score (nSPS) is 26.2. The molecule has 1 amide bonds. The zero-order valence-electron chi connectivity index (χ0n) is 13.3. The number of pyridine rings is 1. The summed E-state index contributed by atoms with van der Waals surface area (Å²) in [7, 11) is 1.64. The summed E-state index contributed by atoms with van der Waals surface area (Å²) >= 11 is 0. The van der Waals surface area contributed by atoms with Crippen LogP contribution in [0, 0.1) is 5.92 Å². The number of carbonyl (C=O) groups excluding carboxylic acids is 1. The van der Waals surface area contributed by atoms with Gasteiger partial charge >= 0.3 is 0 Å². The topological polar surface area (TPSA) is 54.5 Å². The van der Waals surface area contributed by atoms with Gasteiger partial charge in [0.25, 0.3) is 5.91 Å². The number of rotatable bonds is 3. The van der Waals surface area contributed by atoms with Crippen LogP contribution in [-0.2, 0) is 0 Å². The van der Waals surface area contributed by atoms with Gasteiger partial charge in [-0.15, -0.1) is 0 Å². The van der Waals surface area contributed by atoms with E-state index in [-0.39, 0.29) is 11.9 Å². The van der Waals surface area contributed by atoms with E-state index in [1.54, 1.807) is 13.3 Å². The average Bonchev–Trinajstić information content (AvgIpc) is 2.61. The summed E-state index contributed by atoms with van der Waals surface area (Å²) in [6.07, 6.45) is 4.13. The minimum Gasteiger partial charge on any atom is -0.497 e. The molecule has 3 aliphatic rings. The molecule has 1 N–H and O–H groups in total. The number of piperidine rings is 3. The molecule has 1 aromatic heterocycles. The summed E-state index contributed by atoms with van der Waals surface area (Å²) in [4.78, 5) is 19.3. The van der Waals surface area contributed by atoms with Crippen molar-refractivity contribution in [2.24, 2.45) is 5.92 Å². The van der Waals surface area contributed by atoms with Crippen LogP contribution in [0.25, 0.3) is 10.8 Å². The Morgan fingerprint density at radius 3 is 2.78 bits per heavy atom. The molecule has 3 fully saturated rings. The fourth-order valence-corrected chi connectivity index (χ4v) is 3.74. The van der Waals surface area contributed by atoms with Crippen LogP contribution in [0.3, 0.4) is 0 Å². The van der Waals surface area contributed by atoms with Gasteiger partial charge in [-0.3, -0.25) is 9.78 Å². The summed E-state index contributed by atoms with van der Waals surface area (Å²) in [5.74, 6) is 1.32. The molecule has 2 bridgehead atoms. The van der Waals surface area contributed by atoms with Crippen LogP contribution in [0.15, 0.2) is 30.5 Å². The van der Waals surface area contributed by atoms with Gasteiger partial charge in [0.2, 0.25) is 0 Å². The second-order valence-electron chi connectivity index (χ2n) is 6.50. The van der Waals surface area contributed by atoms with Crippen molar-refractivity contribution in [3.8, 4) is 5.75 Å². The van der Waals surface area contributed by atoms with Crippen molar-refractivity contribution in [1.29, 1.82) is 0 Å². The molecule has 1 atom stereocenters. The van der Waals surface area contributed by atoms with Gasteiger partial charge in [0.15, 0.2) is 0 Å². The van der Waals surface area contributed by atoms with Crippen LogP contribution in [-0.4, -0.2) is 48.6 Å². The quantitative estimate of drug-likeness (QED) is 0.943. The monoisotopic (exact) mass is 311 g/mol. The Morgan fingerprint density at radius 2 is 2.09 bits per heavy atom. The molecule has 0 unspecified atom stereocenters. The number of nitrogens with zero attached hydrogens (tertiary/aromatic N) is 2. The Balaban J connectivity index is 1.54. The first-order valence-corrected chi connectivity index (χ1v) is 8.20. The number of benzene rings is 1. The van der Waals surface area contributed by atoms with Crippen molar-refractivity contribution in [1.82, 2.24) is 15.2 Å². The molecule has 5 nitrogen and oxygen atoms in total. The molecule has 5 heteroatoms. The van der Waals surface area contributed by atoms with Gasteiger partial charge in [0.1, 0.15) is 11.4 Å². The highest BCUT2D eigenvalue weighted by atomic mass is 16.5. The molecule has 4 heterocycles. The maximum absolute atomic E-state index is 12.6. The number of nitrogens with one attached hydrogen (secondary N) is 1. The zero-order valence-corrected chi connectivity index (χ0v) is 13.3. The molecular formula is C18H21N3O2. The highest BCUT2D eigenvalue weighted by molar-refractivity contribution is 5.96. The molecule has 0 spiro atoms. The van der Waals surface area contributed by atoms with E-state index >= 15 is 0 Å². The number of fused-ring (bicyclic) bond motifs is 4. The first-order chi connectivity index (χ1) is 11.2. The van der Waals surface area contributed by atoms with Crippen molar-refractivity contribution in [2.75, 3.05) is 26.7 Å². The highest BCUT2D eigenvalue weighted by Gasteiger charge is 2.35. The lowest BCUT2D eigenvalue weighted by molar-refractivity contribution is 0.0618. The molecule has 1 aromatic carbocycles. The van der Waals surface area contributed by atoms with Gasteiger partial charge in [0.05, 0.1) is 7.11 Å². The molecule has 0 aliphatic carbocycles. The third kappa shape index (κ3) is 2.77. The summed E-state index contributed by atoms with van der Waals surface area (Å²) in [5.41, 5.74) is 0.474. The first-order valence-electron chi connectivity index (χ1n) is 8.20. The molecule has 23 heavy (non-hydrogen) atoms. The third-order valence-corrected chi connectivity index (χ3v) is 5.13. The number of carbonyl (C=O) groups is 1. The van der Waals surface area contributed by atoms with Gasteiger partial charge in [0, 0.05) is 24.2 Å². The fourth-order valence-electron chi connectivity index (χ4n) is 3.74. The second kappa shape index (κ2) is 5.81. The van der Waals surface area contributed by atoms with Gasteiger partial charge in [-0.05, 0) is 61.5 Å². The number of amides is 1. The Labute approximate surface area is 135 Å². The predicted octanol–water partition coefficient (Wildman–Crippen LogP) is 2.07. The van der Waals surface area contributed by atoms with E-state index in [4.69, 9.17) is 4.74 Å². The minimum absolute atomic E-state index is 0.0755. The van der Waals surface area contributed by atoms with Crippen molar-refractivity contribution in [2.45, 2.75) is 18.9 Å². The number of ether oxygens (including phenoxy) is 1. The maximum Gasteiger partial charge on any atom is 0.270 e. The molecule has 2 aromatic rings. The molecule has 120 valence electrons. The van der Waals surface area contributed by atoms with Gasteiger partial charge in [-0.1, -0.05) is 0 Å². The van der Waals surface area contributed by atoms with Gasteiger partial charge < -0.3 is 15.0 Å². The first kappa shape index (κ1) is 14.5. The van der Waals surface area contributed by atoms with Gasteiger partial charge in [-0.25, -0.2) is 0 Å². The highest BCUT2D eigenvalue weighted by Crippen LogP contribution is 2.27. The lowest BCUT2D eigenvalue weighted by atomic mass is 9.84. The van der Waals surface area contributed by atoms with Gasteiger partial charge in [-0.2, -0.15) is 0 Å². The van der Waals surface area contributed by atoms with E-state index in [0.29, 0.717) is 11.6 Å². The van der Waals surface area contributed by atoms with E-state index in [0.717, 1.165) is 23.1 Å². The number of hydrogen-bond acceptors (Lipinski definition) is 4. The summed E-state index contributed by atoms with van der Waals surface area (Å²) in [6, 6.07) is 7.89. The van der Waals surface area contributed by atoms with E-state index in [2.05, 4.69) is 15.2 Å². The van der Waals surface area contributed by atoms with Crippen LogP contribution in [0.2, 0.25) is 0 Å². The second-order valence-corrected chi connectivity index (χ2v) is 6.50. The predicted molar refractivity (Wildman–Crippen MR) is 88.7 cm³/mol.